The Bertz CT molecular complexity index is 676. The quantitative estimate of drug-likeness (QED) is 0.831. The van der Waals surface area contributed by atoms with Gasteiger partial charge in [0, 0.05) is 0 Å². The lowest BCUT2D eigenvalue weighted by atomic mass is 9.95. The summed E-state index contributed by atoms with van der Waals surface area (Å²) in [4.78, 5) is 12.4. The van der Waals surface area contributed by atoms with Crippen molar-refractivity contribution < 1.29 is 13.9 Å². The second-order valence-electron chi connectivity index (χ2n) is 6.01. The van der Waals surface area contributed by atoms with Gasteiger partial charge < -0.3 is 10.1 Å². The smallest absolute Gasteiger partial charge is 0.230 e. The van der Waals surface area contributed by atoms with Gasteiger partial charge in [0.15, 0.2) is 0 Å². The third kappa shape index (κ3) is 3.52. The molecule has 23 heavy (non-hydrogen) atoms. The molecule has 1 N–H and O–H groups in total. The van der Waals surface area contributed by atoms with Gasteiger partial charge in [-0.05, 0) is 49.6 Å². The number of nitrogens with one attached hydrogen (secondary N) is 1. The summed E-state index contributed by atoms with van der Waals surface area (Å²) < 4.78 is 18.6. The van der Waals surface area contributed by atoms with E-state index in [0.29, 0.717) is 13.2 Å². The van der Waals surface area contributed by atoms with E-state index < -0.39 is 5.41 Å². The number of hydrogen-bond acceptors (Lipinski definition) is 2. The van der Waals surface area contributed by atoms with Crippen LogP contribution in [0.25, 0.3) is 0 Å². The molecule has 0 spiro atoms. The molecule has 1 saturated carbocycles. The van der Waals surface area contributed by atoms with E-state index in [2.05, 4.69) is 5.32 Å². The number of carbonyl (C=O) groups excluding carboxylic acids is 1. The van der Waals surface area contributed by atoms with Crippen LogP contribution in [0.3, 0.4) is 0 Å². The lowest BCUT2D eigenvalue weighted by Gasteiger charge is -2.16. The lowest BCUT2D eigenvalue weighted by Crippen LogP contribution is -2.37. The molecule has 0 aromatic heterocycles. The monoisotopic (exact) mass is 313 g/mol. The van der Waals surface area contributed by atoms with Gasteiger partial charge in [0.05, 0.1) is 12.0 Å². The molecule has 1 amide bonds. The first-order chi connectivity index (χ1) is 11.1. The van der Waals surface area contributed by atoms with Crippen molar-refractivity contribution in [1.82, 2.24) is 5.32 Å². The van der Waals surface area contributed by atoms with Crippen molar-refractivity contribution in [1.29, 1.82) is 0 Å². The average molecular weight is 313 g/mol. The molecular formula is C19H20FNO2. The first-order valence-electron chi connectivity index (χ1n) is 7.84. The van der Waals surface area contributed by atoms with Crippen LogP contribution in [0.1, 0.15) is 24.0 Å². The first-order valence-corrected chi connectivity index (χ1v) is 7.84. The molecule has 2 aromatic rings. The number of rotatable bonds is 6. The van der Waals surface area contributed by atoms with Crippen LogP contribution in [0.2, 0.25) is 0 Å². The Balaban J connectivity index is 1.49. The molecule has 3 nitrogen and oxygen atoms in total. The fraction of sp³-hybridized carbons (Fsp3) is 0.316. The van der Waals surface area contributed by atoms with E-state index in [0.717, 1.165) is 24.2 Å². The number of benzene rings is 2. The number of carbonyl (C=O) groups is 1. The van der Waals surface area contributed by atoms with E-state index in [4.69, 9.17) is 4.74 Å². The fourth-order valence-corrected chi connectivity index (χ4v) is 2.68. The fourth-order valence-electron chi connectivity index (χ4n) is 2.68. The van der Waals surface area contributed by atoms with E-state index in [-0.39, 0.29) is 11.7 Å². The normalized spacial score (nSPS) is 15.0. The predicted molar refractivity (Wildman–Crippen MR) is 87.0 cm³/mol. The van der Waals surface area contributed by atoms with Crippen LogP contribution in [-0.2, 0) is 10.2 Å². The topological polar surface area (TPSA) is 38.3 Å². The van der Waals surface area contributed by atoms with Crippen molar-refractivity contribution in [3.8, 4) is 5.75 Å². The zero-order valence-electron chi connectivity index (χ0n) is 13.1. The summed E-state index contributed by atoms with van der Waals surface area (Å²) in [6.45, 7) is 2.90. The van der Waals surface area contributed by atoms with Crippen LogP contribution >= 0.6 is 0 Å². The highest BCUT2D eigenvalue weighted by Gasteiger charge is 2.50. The standard InChI is InChI=1S/C19H20FNO2/c1-14-2-8-17(9-3-14)23-13-12-21-18(22)19(10-11-19)15-4-6-16(20)7-5-15/h2-9H,10-13H2,1H3,(H,21,22). The summed E-state index contributed by atoms with van der Waals surface area (Å²) >= 11 is 0. The largest absolute Gasteiger partial charge is 0.492 e. The Labute approximate surface area is 135 Å². The maximum Gasteiger partial charge on any atom is 0.230 e. The number of ether oxygens (including phenoxy) is 1. The number of halogens is 1. The van der Waals surface area contributed by atoms with Gasteiger partial charge in [-0.1, -0.05) is 29.8 Å². The van der Waals surface area contributed by atoms with Gasteiger partial charge >= 0.3 is 0 Å². The van der Waals surface area contributed by atoms with Gasteiger partial charge in [-0.3, -0.25) is 4.79 Å². The summed E-state index contributed by atoms with van der Waals surface area (Å²) in [6, 6.07) is 14.0. The molecule has 4 heteroatoms. The van der Waals surface area contributed by atoms with Crippen LogP contribution in [0.5, 0.6) is 5.75 Å². The third-order valence-electron chi connectivity index (χ3n) is 4.26. The molecule has 0 unspecified atom stereocenters. The van der Waals surface area contributed by atoms with E-state index in [9.17, 15) is 9.18 Å². The molecule has 3 rings (SSSR count). The van der Waals surface area contributed by atoms with Gasteiger partial charge in [0.25, 0.3) is 0 Å². The molecule has 0 aliphatic heterocycles. The molecule has 1 fully saturated rings. The predicted octanol–water partition coefficient (Wildman–Crippen LogP) is 3.36. The minimum Gasteiger partial charge on any atom is -0.492 e. The number of amides is 1. The Morgan fingerprint density at radius 3 is 2.39 bits per heavy atom. The minimum atomic E-state index is -0.475. The molecule has 0 atom stereocenters. The molecule has 2 aromatic carbocycles. The molecule has 120 valence electrons. The summed E-state index contributed by atoms with van der Waals surface area (Å²) in [5.74, 6) is 0.512. The zero-order valence-corrected chi connectivity index (χ0v) is 13.1. The van der Waals surface area contributed by atoms with Crippen molar-refractivity contribution in [2.45, 2.75) is 25.2 Å². The highest BCUT2D eigenvalue weighted by Crippen LogP contribution is 2.48. The summed E-state index contributed by atoms with van der Waals surface area (Å²) in [5.41, 5.74) is 1.59. The molecule has 0 heterocycles. The van der Waals surface area contributed by atoms with E-state index >= 15 is 0 Å². The Kier molecular flexibility index (Phi) is 4.33. The second-order valence-corrected chi connectivity index (χ2v) is 6.01. The third-order valence-corrected chi connectivity index (χ3v) is 4.26. The number of aryl methyl sites for hydroxylation is 1. The average Bonchev–Trinajstić information content (AvgIpc) is 3.35. The van der Waals surface area contributed by atoms with E-state index in [1.807, 2.05) is 31.2 Å². The SMILES string of the molecule is Cc1ccc(OCCNC(=O)C2(c3ccc(F)cc3)CC2)cc1. The van der Waals surface area contributed by atoms with Crippen LogP contribution in [0.4, 0.5) is 4.39 Å². The maximum absolute atomic E-state index is 13.0. The minimum absolute atomic E-state index is 0.00313. The second kappa shape index (κ2) is 6.41. The molecule has 1 aliphatic rings. The Morgan fingerprint density at radius 1 is 1.13 bits per heavy atom. The highest BCUT2D eigenvalue weighted by atomic mass is 19.1. The molecule has 0 radical (unpaired) electrons. The van der Waals surface area contributed by atoms with Crippen molar-refractivity contribution in [2.24, 2.45) is 0 Å². The van der Waals surface area contributed by atoms with Gasteiger partial charge in [-0.25, -0.2) is 4.39 Å². The van der Waals surface area contributed by atoms with Gasteiger partial charge in [0.2, 0.25) is 5.91 Å². The van der Waals surface area contributed by atoms with Crippen molar-refractivity contribution in [3.05, 3.63) is 65.5 Å². The zero-order chi connectivity index (χ0) is 16.3. The molecular weight excluding hydrogens is 293 g/mol. The van der Waals surface area contributed by atoms with Crippen LogP contribution in [0, 0.1) is 12.7 Å². The number of hydrogen-bond donors (Lipinski definition) is 1. The van der Waals surface area contributed by atoms with E-state index in [1.54, 1.807) is 12.1 Å². The Morgan fingerprint density at radius 2 is 1.78 bits per heavy atom. The maximum atomic E-state index is 13.0. The summed E-state index contributed by atoms with van der Waals surface area (Å²) in [5, 5.41) is 2.92. The van der Waals surface area contributed by atoms with Crippen molar-refractivity contribution >= 4 is 5.91 Å². The molecule has 0 bridgehead atoms. The molecule has 1 aliphatic carbocycles. The van der Waals surface area contributed by atoms with Crippen molar-refractivity contribution in [3.63, 3.8) is 0 Å². The van der Waals surface area contributed by atoms with Gasteiger partial charge in [0.1, 0.15) is 18.2 Å². The van der Waals surface area contributed by atoms with Gasteiger partial charge in [-0.15, -0.1) is 0 Å². The van der Waals surface area contributed by atoms with Crippen molar-refractivity contribution in [2.75, 3.05) is 13.2 Å². The molecule has 0 saturated heterocycles. The highest BCUT2D eigenvalue weighted by molar-refractivity contribution is 5.91. The first kappa shape index (κ1) is 15.5. The van der Waals surface area contributed by atoms with Crippen LogP contribution in [-0.4, -0.2) is 19.1 Å². The lowest BCUT2D eigenvalue weighted by molar-refractivity contribution is -0.123. The van der Waals surface area contributed by atoms with Crippen LogP contribution in [0.15, 0.2) is 48.5 Å². The van der Waals surface area contributed by atoms with E-state index in [1.165, 1.54) is 17.7 Å². The Hall–Kier alpha value is -2.36. The summed E-state index contributed by atoms with van der Waals surface area (Å²) in [7, 11) is 0. The van der Waals surface area contributed by atoms with Crippen LogP contribution < -0.4 is 10.1 Å². The summed E-state index contributed by atoms with van der Waals surface area (Å²) in [6.07, 6.45) is 1.62. The van der Waals surface area contributed by atoms with Gasteiger partial charge in [-0.2, -0.15) is 0 Å².